The number of ether oxygens (including phenoxy) is 1. The second-order valence-electron chi connectivity index (χ2n) is 4.24. The summed E-state index contributed by atoms with van der Waals surface area (Å²) in [4.78, 5) is 0. The first-order chi connectivity index (χ1) is 8.81. The summed E-state index contributed by atoms with van der Waals surface area (Å²) in [5.74, 6) is 0.959. The Bertz CT molecular complexity index is 512. The van der Waals surface area contributed by atoms with Crippen molar-refractivity contribution in [2.24, 2.45) is 0 Å². The Labute approximate surface area is 109 Å². The van der Waals surface area contributed by atoms with Crippen LogP contribution in [0.25, 0.3) is 5.57 Å². The van der Waals surface area contributed by atoms with Gasteiger partial charge >= 0.3 is 0 Å². The molecule has 1 aromatic carbocycles. The lowest BCUT2D eigenvalue weighted by molar-refractivity contribution is 0.298. The van der Waals surface area contributed by atoms with Crippen LogP contribution < -0.4 is 4.74 Å². The highest BCUT2D eigenvalue weighted by atomic mass is 16.5. The largest absolute Gasteiger partial charge is 0.491 e. The minimum atomic E-state index is 0.683. The van der Waals surface area contributed by atoms with Crippen molar-refractivity contribution < 1.29 is 4.74 Å². The van der Waals surface area contributed by atoms with Crippen molar-refractivity contribution in [2.75, 3.05) is 6.61 Å². The van der Waals surface area contributed by atoms with Crippen molar-refractivity contribution in [3.05, 3.63) is 60.4 Å². The molecule has 2 nitrogen and oxygen atoms in total. The molecule has 18 heavy (non-hydrogen) atoms. The van der Waals surface area contributed by atoms with E-state index < -0.39 is 0 Å². The molecule has 0 aliphatic rings. The second-order valence-corrected chi connectivity index (χ2v) is 4.24. The first kappa shape index (κ1) is 12.5. The van der Waals surface area contributed by atoms with E-state index in [9.17, 15) is 0 Å². The quantitative estimate of drug-likeness (QED) is 0.772. The van der Waals surface area contributed by atoms with Gasteiger partial charge in [0.15, 0.2) is 0 Å². The second kappa shape index (κ2) is 6.10. The monoisotopic (exact) mass is 241 g/mol. The predicted molar refractivity (Wildman–Crippen MR) is 75.7 cm³/mol. The van der Waals surface area contributed by atoms with Crippen molar-refractivity contribution in [2.45, 2.75) is 20.4 Å². The highest BCUT2D eigenvalue weighted by molar-refractivity contribution is 5.68. The van der Waals surface area contributed by atoms with Crippen LogP contribution in [0.15, 0.2) is 54.9 Å². The molecule has 0 aliphatic carbocycles. The normalized spacial score (nSPS) is 11.6. The van der Waals surface area contributed by atoms with E-state index in [1.54, 1.807) is 0 Å². The number of allylic oxidation sites excluding steroid dienone is 2. The number of hydrogen-bond acceptors (Lipinski definition) is 1. The van der Waals surface area contributed by atoms with E-state index in [-0.39, 0.29) is 0 Å². The van der Waals surface area contributed by atoms with E-state index in [4.69, 9.17) is 4.74 Å². The third-order valence-electron chi connectivity index (χ3n) is 3.02. The Morgan fingerprint density at radius 1 is 1.17 bits per heavy atom. The van der Waals surface area contributed by atoms with Gasteiger partial charge in [-0.15, -0.1) is 0 Å². The van der Waals surface area contributed by atoms with E-state index in [0.29, 0.717) is 6.61 Å². The van der Waals surface area contributed by atoms with Crippen LogP contribution in [-0.2, 0) is 6.54 Å². The third kappa shape index (κ3) is 3.04. The lowest BCUT2D eigenvalue weighted by Crippen LogP contribution is -2.07. The molecule has 2 aromatic rings. The number of hydrogen-bond donors (Lipinski definition) is 0. The molecule has 0 radical (unpaired) electrons. The molecular formula is C16H19NO. The molecule has 1 heterocycles. The van der Waals surface area contributed by atoms with Crippen molar-refractivity contribution in [3.8, 4) is 5.75 Å². The summed E-state index contributed by atoms with van der Waals surface area (Å²) >= 11 is 0. The van der Waals surface area contributed by atoms with E-state index in [2.05, 4.69) is 23.6 Å². The lowest BCUT2D eigenvalue weighted by Gasteiger charge is -2.12. The van der Waals surface area contributed by atoms with Crippen LogP contribution in [-0.4, -0.2) is 11.2 Å². The van der Waals surface area contributed by atoms with E-state index >= 15 is 0 Å². The summed E-state index contributed by atoms with van der Waals surface area (Å²) in [6.07, 6.45) is 6.20. The number of aromatic nitrogens is 1. The topological polar surface area (TPSA) is 14.2 Å². The summed E-state index contributed by atoms with van der Waals surface area (Å²) in [6.45, 7) is 5.71. The summed E-state index contributed by atoms with van der Waals surface area (Å²) in [5.41, 5.74) is 2.42. The summed E-state index contributed by atoms with van der Waals surface area (Å²) in [7, 11) is 0. The van der Waals surface area contributed by atoms with Crippen LogP contribution in [0.2, 0.25) is 0 Å². The number of nitrogens with zero attached hydrogens (tertiary/aromatic N) is 1. The molecule has 0 N–H and O–H groups in total. The molecular weight excluding hydrogens is 222 g/mol. The Morgan fingerprint density at radius 2 is 1.89 bits per heavy atom. The maximum Gasteiger partial charge on any atom is 0.126 e. The fourth-order valence-corrected chi connectivity index (χ4v) is 1.85. The van der Waals surface area contributed by atoms with E-state index in [1.807, 2.05) is 49.6 Å². The van der Waals surface area contributed by atoms with Crippen molar-refractivity contribution in [1.82, 2.24) is 4.57 Å². The third-order valence-corrected chi connectivity index (χ3v) is 3.02. The highest BCUT2D eigenvalue weighted by Crippen LogP contribution is 2.25. The van der Waals surface area contributed by atoms with Crippen LogP contribution in [0.4, 0.5) is 0 Å². The van der Waals surface area contributed by atoms with Crippen molar-refractivity contribution in [1.29, 1.82) is 0 Å². The molecule has 0 amide bonds. The average Bonchev–Trinajstić information content (AvgIpc) is 2.92. The smallest absolute Gasteiger partial charge is 0.126 e. The highest BCUT2D eigenvalue weighted by Gasteiger charge is 2.03. The summed E-state index contributed by atoms with van der Waals surface area (Å²) in [6, 6.07) is 12.2. The molecule has 0 aliphatic heterocycles. The molecule has 0 fully saturated rings. The molecule has 0 unspecified atom stereocenters. The first-order valence-corrected chi connectivity index (χ1v) is 6.27. The van der Waals surface area contributed by atoms with Gasteiger partial charge in [0.2, 0.25) is 0 Å². The molecule has 0 saturated heterocycles. The molecule has 2 heteroatoms. The van der Waals surface area contributed by atoms with Crippen molar-refractivity contribution in [3.63, 3.8) is 0 Å². The molecule has 0 spiro atoms. The first-order valence-electron chi connectivity index (χ1n) is 6.27. The van der Waals surface area contributed by atoms with Crippen LogP contribution in [0, 0.1) is 0 Å². The Hall–Kier alpha value is -1.96. The number of rotatable bonds is 5. The lowest BCUT2D eigenvalue weighted by atomic mass is 10.1. The van der Waals surface area contributed by atoms with Gasteiger partial charge in [0.1, 0.15) is 12.4 Å². The molecule has 0 bridgehead atoms. The maximum atomic E-state index is 5.87. The standard InChI is InChI=1S/C16H19NO/c1-3-14(2)15-8-4-5-9-16(15)18-13-12-17-10-6-7-11-17/h3-11H,12-13H2,1-2H3/b14-3+. The SMILES string of the molecule is C/C=C(\C)c1ccccc1OCCn1cccc1. The van der Waals surface area contributed by atoms with Gasteiger partial charge in [-0.2, -0.15) is 0 Å². The zero-order valence-corrected chi connectivity index (χ0v) is 11.0. The molecule has 0 atom stereocenters. The predicted octanol–water partition coefficient (Wildman–Crippen LogP) is 3.99. The number of para-hydroxylation sites is 1. The van der Waals surface area contributed by atoms with Gasteiger partial charge in [-0.25, -0.2) is 0 Å². The molecule has 2 rings (SSSR count). The minimum absolute atomic E-state index is 0.683. The maximum absolute atomic E-state index is 5.87. The molecule has 1 aromatic heterocycles. The fraction of sp³-hybridized carbons (Fsp3) is 0.250. The molecule has 94 valence electrons. The number of benzene rings is 1. The van der Waals surface area contributed by atoms with Gasteiger partial charge in [-0.3, -0.25) is 0 Å². The average molecular weight is 241 g/mol. The van der Waals surface area contributed by atoms with Crippen LogP contribution in [0.1, 0.15) is 19.4 Å². The summed E-state index contributed by atoms with van der Waals surface area (Å²) in [5, 5.41) is 0. The molecule has 0 saturated carbocycles. The van der Waals surface area contributed by atoms with Gasteiger partial charge in [0.05, 0.1) is 6.54 Å². The van der Waals surface area contributed by atoms with E-state index in [1.165, 1.54) is 11.1 Å². The Balaban J connectivity index is 2.01. The zero-order valence-electron chi connectivity index (χ0n) is 11.0. The van der Waals surface area contributed by atoms with Crippen LogP contribution >= 0.6 is 0 Å². The summed E-state index contributed by atoms with van der Waals surface area (Å²) < 4.78 is 7.99. The van der Waals surface area contributed by atoms with Crippen LogP contribution in [0.5, 0.6) is 5.75 Å². The van der Waals surface area contributed by atoms with E-state index in [0.717, 1.165) is 12.3 Å². The van der Waals surface area contributed by atoms with Gasteiger partial charge in [-0.1, -0.05) is 24.3 Å². The van der Waals surface area contributed by atoms with Crippen molar-refractivity contribution >= 4 is 5.57 Å². The van der Waals surface area contributed by atoms with Gasteiger partial charge in [0, 0.05) is 18.0 Å². The van der Waals surface area contributed by atoms with Crippen LogP contribution in [0.3, 0.4) is 0 Å². The van der Waals surface area contributed by atoms with Gasteiger partial charge in [0.25, 0.3) is 0 Å². The Kier molecular flexibility index (Phi) is 4.24. The van der Waals surface area contributed by atoms with Gasteiger partial charge in [-0.05, 0) is 37.6 Å². The zero-order chi connectivity index (χ0) is 12.8. The Morgan fingerprint density at radius 3 is 2.61 bits per heavy atom. The van der Waals surface area contributed by atoms with Gasteiger partial charge < -0.3 is 9.30 Å². The fourth-order valence-electron chi connectivity index (χ4n) is 1.85. The minimum Gasteiger partial charge on any atom is -0.491 e.